The minimum Gasteiger partial charge on any atom is -0.373 e. The van der Waals surface area contributed by atoms with E-state index < -0.39 is 0 Å². The molecule has 0 fully saturated rings. The summed E-state index contributed by atoms with van der Waals surface area (Å²) in [6.45, 7) is 3.98. The van der Waals surface area contributed by atoms with Crippen LogP contribution in [0.5, 0.6) is 0 Å². The number of nitrogens with one attached hydrogen (secondary N) is 1. The van der Waals surface area contributed by atoms with Gasteiger partial charge in [-0.1, -0.05) is 12.1 Å². The largest absolute Gasteiger partial charge is 0.373 e. The Labute approximate surface area is 108 Å². The van der Waals surface area contributed by atoms with Crippen LogP contribution in [0, 0.1) is 13.8 Å². The van der Waals surface area contributed by atoms with E-state index in [1.54, 1.807) is 0 Å². The molecule has 0 aliphatic carbocycles. The van der Waals surface area contributed by atoms with E-state index in [1.807, 2.05) is 33.2 Å². The molecule has 2 rings (SSSR count). The van der Waals surface area contributed by atoms with Crippen LogP contribution in [0.1, 0.15) is 11.4 Å². The topological polar surface area (TPSA) is 41.0 Å². The molecule has 0 unspecified atom stereocenters. The van der Waals surface area contributed by atoms with Crippen molar-refractivity contribution < 1.29 is 0 Å². The fourth-order valence-electron chi connectivity index (χ4n) is 1.82. The van der Waals surface area contributed by atoms with Gasteiger partial charge in [0.25, 0.3) is 0 Å². The SMILES string of the molecule is CNc1cc(N(C)c2cccc(C)c2)nc(C)n1. The second kappa shape index (κ2) is 5.04. The molecule has 0 amide bonds. The van der Waals surface area contributed by atoms with E-state index in [1.165, 1.54) is 5.56 Å². The Kier molecular flexibility index (Phi) is 3.46. The van der Waals surface area contributed by atoms with Crippen LogP contribution in [-0.2, 0) is 0 Å². The van der Waals surface area contributed by atoms with E-state index in [0.29, 0.717) is 0 Å². The Morgan fingerprint density at radius 3 is 2.56 bits per heavy atom. The number of rotatable bonds is 3. The summed E-state index contributed by atoms with van der Waals surface area (Å²) in [5.41, 5.74) is 2.36. The number of anilines is 3. The predicted molar refractivity (Wildman–Crippen MR) is 75.6 cm³/mol. The second-order valence-electron chi connectivity index (χ2n) is 4.31. The molecule has 0 atom stereocenters. The Morgan fingerprint density at radius 2 is 1.89 bits per heavy atom. The zero-order valence-corrected chi connectivity index (χ0v) is 11.2. The molecule has 0 saturated heterocycles. The Bertz CT molecular complexity index is 551. The molecule has 0 aliphatic rings. The van der Waals surface area contributed by atoms with Crippen LogP contribution in [0.2, 0.25) is 0 Å². The van der Waals surface area contributed by atoms with Crippen LogP contribution in [0.4, 0.5) is 17.3 Å². The maximum atomic E-state index is 4.46. The highest BCUT2D eigenvalue weighted by molar-refractivity contribution is 5.62. The molecule has 4 nitrogen and oxygen atoms in total. The molecule has 0 radical (unpaired) electrons. The Hall–Kier alpha value is -2.10. The fourth-order valence-corrected chi connectivity index (χ4v) is 1.82. The van der Waals surface area contributed by atoms with E-state index >= 15 is 0 Å². The molecule has 1 aromatic carbocycles. The lowest BCUT2D eigenvalue weighted by atomic mass is 10.2. The number of hydrogen-bond donors (Lipinski definition) is 1. The van der Waals surface area contributed by atoms with E-state index in [4.69, 9.17) is 0 Å². The fraction of sp³-hybridized carbons (Fsp3) is 0.286. The Morgan fingerprint density at radius 1 is 1.11 bits per heavy atom. The average Bonchev–Trinajstić information content (AvgIpc) is 2.37. The van der Waals surface area contributed by atoms with Gasteiger partial charge in [0, 0.05) is 25.8 Å². The zero-order chi connectivity index (χ0) is 13.1. The highest BCUT2D eigenvalue weighted by Crippen LogP contribution is 2.24. The molecule has 1 aromatic heterocycles. The molecular formula is C14H18N4. The van der Waals surface area contributed by atoms with Gasteiger partial charge in [0.15, 0.2) is 0 Å². The summed E-state index contributed by atoms with van der Waals surface area (Å²) in [7, 11) is 3.87. The lowest BCUT2D eigenvalue weighted by Crippen LogP contribution is -2.13. The van der Waals surface area contributed by atoms with Gasteiger partial charge >= 0.3 is 0 Å². The summed E-state index contributed by atoms with van der Waals surface area (Å²) in [6.07, 6.45) is 0. The molecule has 4 heteroatoms. The summed E-state index contributed by atoms with van der Waals surface area (Å²) in [5, 5.41) is 3.05. The van der Waals surface area contributed by atoms with Crippen molar-refractivity contribution >= 4 is 17.3 Å². The molecule has 2 aromatic rings. The van der Waals surface area contributed by atoms with Crippen LogP contribution in [0.25, 0.3) is 0 Å². The van der Waals surface area contributed by atoms with Crippen molar-refractivity contribution in [1.29, 1.82) is 0 Å². The number of aromatic nitrogens is 2. The highest BCUT2D eigenvalue weighted by Gasteiger charge is 2.08. The van der Waals surface area contributed by atoms with Gasteiger partial charge < -0.3 is 10.2 Å². The highest BCUT2D eigenvalue weighted by atomic mass is 15.2. The van der Waals surface area contributed by atoms with Crippen molar-refractivity contribution in [1.82, 2.24) is 9.97 Å². The first kappa shape index (κ1) is 12.4. The van der Waals surface area contributed by atoms with Crippen molar-refractivity contribution in [2.24, 2.45) is 0 Å². The number of nitrogens with zero attached hydrogens (tertiary/aromatic N) is 3. The number of benzene rings is 1. The van der Waals surface area contributed by atoms with Gasteiger partial charge in [-0.15, -0.1) is 0 Å². The van der Waals surface area contributed by atoms with Gasteiger partial charge in [-0.2, -0.15) is 0 Å². The first-order chi connectivity index (χ1) is 8.60. The summed E-state index contributed by atoms with van der Waals surface area (Å²) < 4.78 is 0. The van der Waals surface area contributed by atoms with Crippen LogP contribution in [-0.4, -0.2) is 24.1 Å². The minimum absolute atomic E-state index is 0.761. The minimum atomic E-state index is 0.761. The van der Waals surface area contributed by atoms with Crippen LogP contribution in [0.3, 0.4) is 0 Å². The molecule has 0 spiro atoms. The van der Waals surface area contributed by atoms with Crippen molar-refractivity contribution in [2.75, 3.05) is 24.3 Å². The molecule has 1 heterocycles. The first-order valence-corrected chi connectivity index (χ1v) is 5.94. The average molecular weight is 242 g/mol. The van der Waals surface area contributed by atoms with Gasteiger partial charge in [-0.05, 0) is 31.5 Å². The van der Waals surface area contributed by atoms with E-state index in [0.717, 1.165) is 23.1 Å². The molecule has 94 valence electrons. The quantitative estimate of drug-likeness (QED) is 0.898. The lowest BCUT2D eigenvalue weighted by molar-refractivity contribution is 1.01. The molecular weight excluding hydrogens is 224 g/mol. The van der Waals surface area contributed by atoms with Crippen molar-refractivity contribution in [3.05, 3.63) is 41.7 Å². The van der Waals surface area contributed by atoms with Crippen molar-refractivity contribution in [3.8, 4) is 0 Å². The van der Waals surface area contributed by atoms with Crippen molar-refractivity contribution in [2.45, 2.75) is 13.8 Å². The normalized spacial score (nSPS) is 10.2. The summed E-state index contributed by atoms with van der Waals surface area (Å²) in [5.74, 6) is 2.48. The molecule has 18 heavy (non-hydrogen) atoms. The summed E-state index contributed by atoms with van der Waals surface area (Å²) in [6, 6.07) is 10.3. The standard InChI is InChI=1S/C14H18N4/c1-10-6-5-7-12(8-10)18(4)14-9-13(15-3)16-11(2)17-14/h5-9H,1-4H3,(H,15,16,17). The monoisotopic (exact) mass is 242 g/mol. The summed E-state index contributed by atoms with van der Waals surface area (Å²) in [4.78, 5) is 10.8. The molecule has 0 bridgehead atoms. The van der Waals surface area contributed by atoms with E-state index in [2.05, 4.69) is 45.3 Å². The van der Waals surface area contributed by atoms with Crippen LogP contribution >= 0.6 is 0 Å². The van der Waals surface area contributed by atoms with Crippen LogP contribution in [0.15, 0.2) is 30.3 Å². The van der Waals surface area contributed by atoms with Gasteiger partial charge in [-0.3, -0.25) is 0 Å². The third kappa shape index (κ3) is 2.59. The zero-order valence-electron chi connectivity index (χ0n) is 11.2. The smallest absolute Gasteiger partial charge is 0.138 e. The predicted octanol–water partition coefficient (Wildman–Crippen LogP) is 2.90. The maximum absolute atomic E-state index is 4.46. The summed E-state index contributed by atoms with van der Waals surface area (Å²) >= 11 is 0. The van der Waals surface area contributed by atoms with Crippen LogP contribution < -0.4 is 10.2 Å². The van der Waals surface area contributed by atoms with Gasteiger partial charge in [0.05, 0.1) is 0 Å². The molecule has 0 saturated carbocycles. The maximum Gasteiger partial charge on any atom is 0.138 e. The Balaban J connectivity index is 2.39. The molecule has 0 aliphatic heterocycles. The number of hydrogen-bond acceptors (Lipinski definition) is 4. The lowest BCUT2D eigenvalue weighted by Gasteiger charge is -2.19. The molecule has 1 N–H and O–H groups in total. The third-order valence-corrected chi connectivity index (χ3v) is 2.81. The third-order valence-electron chi connectivity index (χ3n) is 2.81. The number of aryl methyl sites for hydroxylation is 2. The van der Waals surface area contributed by atoms with Gasteiger partial charge in [0.2, 0.25) is 0 Å². The van der Waals surface area contributed by atoms with Crippen molar-refractivity contribution in [3.63, 3.8) is 0 Å². The van der Waals surface area contributed by atoms with Gasteiger partial charge in [0.1, 0.15) is 17.5 Å². The van der Waals surface area contributed by atoms with E-state index in [9.17, 15) is 0 Å². The van der Waals surface area contributed by atoms with Gasteiger partial charge in [-0.25, -0.2) is 9.97 Å². The van der Waals surface area contributed by atoms with E-state index in [-0.39, 0.29) is 0 Å². The second-order valence-corrected chi connectivity index (χ2v) is 4.31. The first-order valence-electron chi connectivity index (χ1n) is 5.94.